The number of hydrogen-bond acceptors (Lipinski definition) is 1. The zero-order chi connectivity index (χ0) is 10.8. The van der Waals surface area contributed by atoms with Crippen molar-refractivity contribution in [1.82, 2.24) is 0 Å². The van der Waals surface area contributed by atoms with Gasteiger partial charge in [-0.3, -0.25) is 4.79 Å². The molecule has 0 aromatic heterocycles. The monoisotopic (exact) mass is 202 g/mol. The molecule has 2 rings (SSSR count). The molecular formula is C14H18O. The van der Waals surface area contributed by atoms with Crippen molar-refractivity contribution in [2.75, 3.05) is 0 Å². The standard InChI is InChI=1S/C14H18O/c1-10-3-4-13(9-11(10)2)12-5-7-14(15)8-6-12/h3-4,9,12H,5-8H2,1-2H3. The van der Waals surface area contributed by atoms with E-state index in [2.05, 4.69) is 32.0 Å². The zero-order valence-electron chi connectivity index (χ0n) is 9.55. The molecule has 0 atom stereocenters. The molecule has 1 aromatic rings. The van der Waals surface area contributed by atoms with Crippen molar-refractivity contribution < 1.29 is 4.79 Å². The molecule has 0 aliphatic heterocycles. The van der Waals surface area contributed by atoms with Gasteiger partial charge in [0.2, 0.25) is 0 Å². The minimum absolute atomic E-state index is 0.440. The summed E-state index contributed by atoms with van der Waals surface area (Å²) >= 11 is 0. The van der Waals surface area contributed by atoms with Gasteiger partial charge in [0.25, 0.3) is 0 Å². The summed E-state index contributed by atoms with van der Waals surface area (Å²) in [6.07, 6.45) is 3.64. The quantitative estimate of drug-likeness (QED) is 0.681. The molecule has 1 fully saturated rings. The summed E-state index contributed by atoms with van der Waals surface area (Å²) in [5.74, 6) is 1.05. The van der Waals surface area contributed by atoms with Crippen LogP contribution < -0.4 is 0 Å². The normalized spacial score (nSPS) is 18.1. The lowest BCUT2D eigenvalue weighted by Crippen LogP contribution is -2.12. The highest BCUT2D eigenvalue weighted by atomic mass is 16.1. The highest BCUT2D eigenvalue weighted by Gasteiger charge is 2.20. The second kappa shape index (κ2) is 4.18. The summed E-state index contributed by atoms with van der Waals surface area (Å²) in [5, 5.41) is 0. The molecule has 0 N–H and O–H groups in total. The fraction of sp³-hybridized carbons (Fsp3) is 0.500. The van der Waals surface area contributed by atoms with E-state index in [1.165, 1.54) is 16.7 Å². The molecule has 80 valence electrons. The predicted octanol–water partition coefficient (Wildman–Crippen LogP) is 3.53. The first-order valence-electron chi connectivity index (χ1n) is 5.75. The molecule has 1 aromatic carbocycles. The number of hydrogen-bond donors (Lipinski definition) is 0. The van der Waals surface area contributed by atoms with E-state index < -0.39 is 0 Å². The first-order chi connectivity index (χ1) is 7.16. The molecule has 1 nitrogen and oxygen atoms in total. The Labute approximate surface area is 91.5 Å². The molecule has 1 aliphatic rings. The van der Waals surface area contributed by atoms with E-state index in [4.69, 9.17) is 0 Å². The maximum Gasteiger partial charge on any atom is 0.132 e. The highest BCUT2D eigenvalue weighted by Crippen LogP contribution is 2.31. The fourth-order valence-corrected chi connectivity index (χ4v) is 2.29. The SMILES string of the molecule is Cc1ccc(C2CCC(=O)CC2)cc1C. The zero-order valence-corrected chi connectivity index (χ0v) is 9.55. The molecule has 1 saturated carbocycles. The van der Waals surface area contributed by atoms with Gasteiger partial charge in [-0.05, 0) is 49.3 Å². The van der Waals surface area contributed by atoms with Gasteiger partial charge in [-0.25, -0.2) is 0 Å². The number of carbonyl (C=O) groups is 1. The third kappa shape index (κ3) is 2.28. The molecular weight excluding hydrogens is 184 g/mol. The van der Waals surface area contributed by atoms with E-state index >= 15 is 0 Å². The van der Waals surface area contributed by atoms with Gasteiger partial charge < -0.3 is 0 Å². The minimum atomic E-state index is 0.440. The second-order valence-electron chi connectivity index (χ2n) is 4.66. The number of rotatable bonds is 1. The van der Waals surface area contributed by atoms with E-state index in [9.17, 15) is 4.79 Å². The molecule has 0 heterocycles. The van der Waals surface area contributed by atoms with Crippen LogP contribution in [-0.4, -0.2) is 5.78 Å². The van der Waals surface area contributed by atoms with E-state index in [1.807, 2.05) is 0 Å². The topological polar surface area (TPSA) is 17.1 Å². The van der Waals surface area contributed by atoms with Crippen LogP contribution in [0.15, 0.2) is 18.2 Å². The van der Waals surface area contributed by atoms with Gasteiger partial charge in [-0.2, -0.15) is 0 Å². The summed E-state index contributed by atoms with van der Waals surface area (Å²) < 4.78 is 0. The lowest BCUT2D eigenvalue weighted by molar-refractivity contribution is -0.120. The first-order valence-corrected chi connectivity index (χ1v) is 5.75. The molecule has 0 radical (unpaired) electrons. The lowest BCUT2D eigenvalue weighted by Gasteiger charge is -2.21. The maximum atomic E-state index is 11.2. The van der Waals surface area contributed by atoms with Gasteiger partial charge in [0.1, 0.15) is 5.78 Å². The van der Waals surface area contributed by atoms with Crippen molar-refractivity contribution in [3.05, 3.63) is 34.9 Å². The number of benzene rings is 1. The molecule has 0 spiro atoms. The van der Waals surface area contributed by atoms with Crippen molar-refractivity contribution in [3.8, 4) is 0 Å². The van der Waals surface area contributed by atoms with Crippen LogP contribution in [0.5, 0.6) is 0 Å². The van der Waals surface area contributed by atoms with Crippen LogP contribution in [0, 0.1) is 13.8 Å². The largest absolute Gasteiger partial charge is 0.300 e. The van der Waals surface area contributed by atoms with Crippen LogP contribution in [-0.2, 0) is 4.79 Å². The molecule has 15 heavy (non-hydrogen) atoms. The van der Waals surface area contributed by atoms with Gasteiger partial charge in [0.15, 0.2) is 0 Å². The highest BCUT2D eigenvalue weighted by molar-refractivity contribution is 5.79. The summed E-state index contributed by atoms with van der Waals surface area (Å²) in [6.45, 7) is 4.30. The van der Waals surface area contributed by atoms with Crippen LogP contribution >= 0.6 is 0 Å². The third-order valence-electron chi connectivity index (χ3n) is 3.55. The molecule has 0 amide bonds. The van der Waals surface area contributed by atoms with Crippen LogP contribution in [0.25, 0.3) is 0 Å². The second-order valence-corrected chi connectivity index (χ2v) is 4.66. The summed E-state index contributed by atoms with van der Waals surface area (Å²) in [5.41, 5.74) is 4.14. The summed E-state index contributed by atoms with van der Waals surface area (Å²) in [7, 11) is 0. The van der Waals surface area contributed by atoms with E-state index in [-0.39, 0.29) is 0 Å². The van der Waals surface area contributed by atoms with Gasteiger partial charge in [0.05, 0.1) is 0 Å². The lowest BCUT2D eigenvalue weighted by atomic mass is 9.83. The first kappa shape index (κ1) is 10.4. The van der Waals surface area contributed by atoms with Gasteiger partial charge in [-0.1, -0.05) is 18.2 Å². The van der Waals surface area contributed by atoms with Crippen molar-refractivity contribution in [2.45, 2.75) is 45.4 Å². The summed E-state index contributed by atoms with van der Waals surface area (Å²) in [4.78, 5) is 11.2. The average molecular weight is 202 g/mol. The van der Waals surface area contributed by atoms with Gasteiger partial charge >= 0.3 is 0 Å². The van der Waals surface area contributed by atoms with Crippen LogP contribution in [0.1, 0.15) is 48.3 Å². The molecule has 0 unspecified atom stereocenters. The molecule has 1 heteroatoms. The number of Topliss-reactive ketones (excluding diaryl/α,β-unsaturated/α-hetero) is 1. The minimum Gasteiger partial charge on any atom is -0.300 e. The van der Waals surface area contributed by atoms with Crippen molar-refractivity contribution in [1.29, 1.82) is 0 Å². The Bertz CT molecular complexity index is 369. The number of carbonyl (C=O) groups excluding carboxylic acids is 1. The van der Waals surface area contributed by atoms with Crippen LogP contribution in [0.2, 0.25) is 0 Å². The fourth-order valence-electron chi connectivity index (χ4n) is 2.29. The number of aryl methyl sites for hydroxylation is 2. The Morgan fingerprint density at radius 3 is 2.33 bits per heavy atom. The Morgan fingerprint density at radius 1 is 1.07 bits per heavy atom. The van der Waals surface area contributed by atoms with Crippen molar-refractivity contribution in [2.24, 2.45) is 0 Å². The smallest absolute Gasteiger partial charge is 0.132 e. The Balaban J connectivity index is 2.16. The third-order valence-corrected chi connectivity index (χ3v) is 3.55. The van der Waals surface area contributed by atoms with Crippen molar-refractivity contribution in [3.63, 3.8) is 0 Å². The maximum absolute atomic E-state index is 11.2. The van der Waals surface area contributed by atoms with E-state index in [0.717, 1.165) is 25.7 Å². The number of ketones is 1. The van der Waals surface area contributed by atoms with Gasteiger partial charge in [-0.15, -0.1) is 0 Å². The predicted molar refractivity (Wildman–Crippen MR) is 62.1 cm³/mol. The van der Waals surface area contributed by atoms with Crippen LogP contribution in [0.4, 0.5) is 0 Å². The van der Waals surface area contributed by atoms with Crippen molar-refractivity contribution >= 4 is 5.78 Å². The molecule has 0 saturated heterocycles. The molecule has 1 aliphatic carbocycles. The molecule has 0 bridgehead atoms. The Hall–Kier alpha value is -1.11. The van der Waals surface area contributed by atoms with Crippen LogP contribution in [0.3, 0.4) is 0 Å². The van der Waals surface area contributed by atoms with E-state index in [1.54, 1.807) is 0 Å². The average Bonchev–Trinajstić information content (AvgIpc) is 2.23. The Kier molecular flexibility index (Phi) is 2.90. The van der Waals surface area contributed by atoms with Gasteiger partial charge in [0, 0.05) is 12.8 Å². The van der Waals surface area contributed by atoms with E-state index in [0.29, 0.717) is 11.7 Å². The summed E-state index contributed by atoms with van der Waals surface area (Å²) in [6, 6.07) is 6.71. The Morgan fingerprint density at radius 2 is 1.73 bits per heavy atom.